The maximum Gasteiger partial charge on any atom is 0.0984 e. The molecule has 0 aliphatic carbocycles. The molecule has 0 spiro atoms. The molecule has 4 nitrogen and oxygen atoms in total. The Morgan fingerprint density at radius 3 is 1.84 bits per heavy atom. The third kappa shape index (κ3) is 3.26. The van der Waals surface area contributed by atoms with Crippen molar-refractivity contribution in [1.82, 2.24) is 0 Å². The van der Waals surface area contributed by atoms with Gasteiger partial charge < -0.3 is 19.1 Å². The lowest BCUT2D eigenvalue weighted by Gasteiger charge is -2.23. The van der Waals surface area contributed by atoms with Gasteiger partial charge in [0.2, 0.25) is 0 Å². The van der Waals surface area contributed by atoms with Crippen molar-refractivity contribution in [2.45, 2.75) is 24.7 Å². The van der Waals surface area contributed by atoms with E-state index in [-0.39, 0.29) is 0 Å². The summed E-state index contributed by atoms with van der Waals surface area (Å²) in [5, 5.41) is 0. The first-order valence-corrected chi connectivity index (χ1v) is 7.05. The maximum atomic E-state index is 5.35. The Kier molecular flexibility index (Phi) is 2.94. The van der Waals surface area contributed by atoms with Crippen molar-refractivity contribution in [2.24, 2.45) is 0 Å². The van der Waals surface area contributed by atoms with Crippen LogP contribution in [0.5, 0.6) is 0 Å². The Labute approximate surface area is 113 Å². The summed E-state index contributed by atoms with van der Waals surface area (Å²) in [6, 6.07) is 8.85. The minimum atomic E-state index is 0.415. The molecule has 4 rings (SSSR count). The van der Waals surface area contributed by atoms with Crippen molar-refractivity contribution >= 4 is 5.69 Å². The highest BCUT2D eigenvalue weighted by atomic mass is 16.6. The average Bonchev–Trinajstić information content (AvgIpc) is 3.23. The number of rotatable bonds is 7. The fourth-order valence-electron chi connectivity index (χ4n) is 2.42. The fourth-order valence-corrected chi connectivity index (χ4v) is 2.42. The smallest absolute Gasteiger partial charge is 0.0984 e. The largest absolute Gasteiger partial charge is 0.373 e. The van der Waals surface area contributed by atoms with E-state index in [2.05, 4.69) is 29.2 Å². The molecule has 3 unspecified atom stereocenters. The molecule has 19 heavy (non-hydrogen) atoms. The van der Waals surface area contributed by atoms with E-state index in [1.165, 1.54) is 11.3 Å². The van der Waals surface area contributed by atoms with Gasteiger partial charge in [-0.1, -0.05) is 12.1 Å². The van der Waals surface area contributed by atoms with Gasteiger partial charge in [0.25, 0.3) is 0 Å². The van der Waals surface area contributed by atoms with Gasteiger partial charge in [-0.2, -0.15) is 0 Å². The van der Waals surface area contributed by atoms with E-state index in [4.69, 9.17) is 14.2 Å². The zero-order valence-electron chi connectivity index (χ0n) is 11.0. The van der Waals surface area contributed by atoms with Gasteiger partial charge in [-0.3, -0.25) is 0 Å². The van der Waals surface area contributed by atoms with E-state index < -0.39 is 0 Å². The quantitative estimate of drug-likeness (QED) is 0.692. The molecule has 0 radical (unpaired) electrons. The lowest BCUT2D eigenvalue weighted by Crippen LogP contribution is -2.31. The standard InChI is InChI=1S/C15H19NO3/c1-3-12(4-2-11(1)5-13-8-17-13)16(6-14-9-18-14)7-15-10-19-15/h1-4,13-15H,5-10H2. The van der Waals surface area contributed by atoms with Crippen molar-refractivity contribution in [1.29, 1.82) is 0 Å². The SMILES string of the molecule is c1cc(N(CC2CO2)CC2CO2)ccc1CC1CO1. The van der Waals surface area contributed by atoms with E-state index in [1.807, 2.05) is 0 Å². The summed E-state index contributed by atoms with van der Waals surface area (Å²) in [5.41, 5.74) is 2.63. The number of hydrogen-bond donors (Lipinski definition) is 0. The van der Waals surface area contributed by atoms with Crippen LogP contribution in [0.25, 0.3) is 0 Å². The van der Waals surface area contributed by atoms with E-state index in [0.717, 1.165) is 39.3 Å². The first kappa shape index (κ1) is 11.7. The van der Waals surface area contributed by atoms with Crippen LogP contribution >= 0.6 is 0 Å². The van der Waals surface area contributed by atoms with Gasteiger partial charge in [0.15, 0.2) is 0 Å². The molecule has 4 heteroatoms. The number of anilines is 1. The Bertz CT molecular complexity index is 421. The number of hydrogen-bond acceptors (Lipinski definition) is 4. The molecule has 1 aromatic carbocycles. The summed E-state index contributed by atoms with van der Waals surface area (Å²) in [4.78, 5) is 2.38. The first-order valence-electron chi connectivity index (χ1n) is 7.05. The zero-order valence-corrected chi connectivity index (χ0v) is 11.0. The molecule has 3 fully saturated rings. The van der Waals surface area contributed by atoms with Crippen LogP contribution in [-0.2, 0) is 20.6 Å². The molecule has 3 saturated heterocycles. The second-order valence-corrected chi connectivity index (χ2v) is 5.64. The molecule has 102 valence electrons. The molecule has 3 atom stereocenters. The minimum Gasteiger partial charge on any atom is -0.373 e. The third-order valence-corrected chi connectivity index (χ3v) is 3.82. The van der Waals surface area contributed by atoms with Crippen LogP contribution < -0.4 is 4.90 Å². The number of nitrogens with zero attached hydrogens (tertiary/aromatic N) is 1. The van der Waals surface area contributed by atoms with Crippen LogP contribution in [0.15, 0.2) is 24.3 Å². The lowest BCUT2D eigenvalue weighted by atomic mass is 10.1. The van der Waals surface area contributed by atoms with Gasteiger partial charge in [-0.05, 0) is 17.7 Å². The van der Waals surface area contributed by atoms with Crippen LogP contribution in [0.1, 0.15) is 5.56 Å². The summed E-state index contributed by atoms with van der Waals surface area (Å²) < 4.78 is 16.0. The van der Waals surface area contributed by atoms with Crippen molar-refractivity contribution in [2.75, 3.05) is 37.8 Å². The molecule has 0 aromatic heterocycles. The number of ether oxygens (including phenoxy) is 3. The van der Waals surface area contributed by atoms with Gasteiger partial charge in [0.05, 0.1) is 38.1 Å². The molecule has 0 bridgehead atoms. The minimum absolute atomic E-state index is 0.415. The lowest BCUT2D eigenvalue weighted by molar-refractivity contribution is 0.389. The first-order chi connectivity index (χ1) is 9.37. The van der Waals surface area contributed by atoms with Crippen LogP contribution in [0, 0.1) is 0 Å². The van der Waals surface area contributed by atoms with Crippen molar-refractivity contribution < 1.29 is 14.2 Å². The van der Waals surface area contributed by atoms with Crippen molar-refractivity contribution in [3.05, 3.63) is 29.8 Å². The van der Waals surface area contributed by atoms with Crippen LogP contribution in [0.3, 0.4) is 0 Å². The predicted octanol–water partition coefficient (Wildman–Crippen LogP) is 1.23. The maximum absolute atomic E-state index is 5.35. The summed E-state index contributed by atoms with van der Waals surface area (Å²) in [7, 11) is 0. The van der Waals surface area contributed by atoms with Gasteiger partial charge in [0.1, 0.15) is 0 Å². The summed E-state index contributed by atoms with van der Waals surface area (Å²) in [5.74, 6) is 0. The molecular weight excluding hydrogens is 242 g/mol. The Morgan fingerprint density at radius 2 is 1.37 bits per heavy atom. The molecule has 3 aliphatic heterocycles. The molecule has 3 aliphatic rings. The van der Waals surface area contributed by atoms with Crippen LogP contribution in [0.2, 0.25) is 0 Å². The van der Waals surface area contributed by atoms with Crippen LogP contribution in [0.4, 0.5) is 5.69 Å². The summed E-state index contributed by atoms with van der Waals surface area (Å²) in [6.07, 6.45) is 2.33. The van der Waals surface area contributed by atoms with E-state index in [1.54, 1.807) is 0 Å². The molecule has 1 aromatic rings. The average molecular weight is 261 g/mol. The molecular formula is C15H19NO3. The Hall–Kier alpha value is -1.10. The van der Waals surface area contributed by atoms with Gasteiger partial charge in [-0.25, -0.2) is 0 Å². The van der Waals surface area contributed by atoms with E-state index in [0.29, 0.717) is 18.3 Å². The molecule has 0 N–H and O–H groups in total. The monoisotopic (exact) mass is 261 g/mol. The number of benzene rings is 1. The van der Waals surface area contributed by atoms with Crippen molar-refractivity contribution in [3.8, 4) is 0 Å². The highest BCUT2D eigenvalue weighted by molar-refractivity contribution is 5.48. The Morgan fingerprint density at radius 1 is 0.842 bits per heavy atom. The summed E-state index contributed by atoms with van der Waals surface area (Å²) in [6.45, 7) is 4.68. The molecule has 3 heterocycles. The van der Waals surface area contributed by atoms with Gasteiger partial charge >= 0.3 is 0 Å². The van der Waals surface area contributed by atoms with Crippen LogP contribution in [-0.4, -0.2) is 51.2 Å². The Balaban J connectivity index is 1.43. The van der Waals surface area contributed by atoms with Gasteiger partial charge in [0, 0.05) is 25.2 Å². The highest BCUT2D eigenvalue weighted by Crippen LogP contribution is 2.24. The topological polar surface area (TPSA) is 40.8 Å². The van der Waals surface area contributed by atoms with E-state index >= 15 is 0 Å². The highest BCUT2D eigenvalue weighted by Gasteiger charge is 2.31. The third-order valence-electron chi connectivity index (χ3n) is 3.82. The normalized spacial score (nSPS) is 31.1. The zero-order chi connectivity index (χ0) is 12.7. The number of epoxide rings is 3. The second-order valence-electron chi connectivity index (χ2n) is 5.64. The molecule has 0 amide bonds. The van der Waals surface area contributed by atoms with Gasteiger partial charge in [-0.15, -0.1) is 0 Å². The fraction of sp³-hybridized carbons (Fsp3) is 0.600. The summed E-state index contributed by atoms with van der Waals surface area (Å²) >= 11 is 0. The van der Waals surface area contributed by atoms with Crippen molar-refractivity contribution in [3.63, 3.8) is 0 Å². The van der Waals surface area contributed by atoms with E-state index in [9.17, 15) is 0 Å². The predicted molar refractivity (Wildman–Crippen MR) is 71.6 cm³/mol. The molecule has 0 saturated carbocycles. The second kappa shape index (κ2) is 4.78.